The molecule has 3 saturated heterocycles. The molecule has 0 aliphatic carbocycles. The highest BCUT2D eigenvalue weighted by Crippen LogP contribution is 2.39. The van der Waals surface area contributed by atoms with E-state index < -0.39 is 0 Å². The third kappa shape index (κ3) is 3.49. The zero-order valence-electron chi connectivity index (χ0n) is 16.7. The van der Waals surface area contributed by atoms with Crippen molar-refractivity contribution in [2.75, 3.05) is 39.3 Å². The lowest BCUT2D eigenvalue weighted by Gasteiger charge is -2.57. The minimum absolute atomic E-state index is 0.0158. The zero-order valence-corrected chi connectivity index (χ0v) is 16.7. The third-order valence-corrected chi connectivity index (χ3v) is 6.76. The summed E-state index contributed by atoms with van der Waals surface area (Å²) in [6, 6.07) is 6.06. The SMILES string of the molecule is Cc1ccc(C(=O)N2CCCC3(CCN3CC(=O)N3CCCC3)C2)c(C)c1. The molecular formula is C22H31N3O2. The number of nitrogens with zero attached hydrogens (tertiary/aromatic N) is 3. The maximum Gasteiger partial charge on any atom is 0.254 e. The normalized spacial score (nSPS) is 25.7. The minimum Gasteiger partial charge on any atom is -0.342 e. The van der Waals surface area contributed by atoms with Crippen molar-refractivity contribution in [1.29, 1.82) is 0 Å². The van der Waals surface area contributed by atoms with Gasteiger partial charge in [-0.1, -0.05) is 17.7 Å². The van der Waals surface area contributed by atoms with Crippen LogP contribution in [-0.2, 0) is 4.79 Å². The van der Waals surface area contributed by atoms with E-state index in [2.05, 4.69) is 17.9 Å². The maximum atomic E-state index is 13.1. The van der Waals surface area contributed by atoms with Gasteiger partial charge >= 0.3 is 0 Å². The van der Waals surface area contributed by atoms with Crippen molar-refractivity contribution in [2.45, 2.75) is 51.5 Å². The number of benzene rings is 1. The van der Waals surface area contributed by atoms with Gasteiger partial charge in [0.25, 0.3) is 5.91 Å². The van der Waals surface area contributed by atoms with Crippen LogP contribution in [0.15, 0.2) is 18.2 Å². The van der Waals surface area contributed by atoms with Gasteiger partial charge in [0, 0.05) is 43.8 Å². The standard InChI is InChI=1S/C22H31N3O2/c1-17-6-7-19(18(2)14-17)21(27)24-12-5-8-22(16-24)9-13-25(22)15-20(26)23-10-3-4-11-23/h6-7,14H,3-5,8-13,15-16H2,1-2H3. The number of piperidine rings is 1. The monoisotopic (exact) mass is 369 g/mol. The highest BCUT2D eigenvalue weighted by atomic mass is 16.2. The lowest BCUT2D eigenvalue weighted by molar-refractivity contribution is -0.138. The number of hydrogen-bond donors (Lipinski definition) is 0. The minimum atomic E-state index is 0.0158. The van der Waals surface area contributed by atoms with Crippen LogP contribution in [0.5, 0.6) is 0 Å². The van der Waals surface area contributed by atoms with E-state index >= 15 is 0 Å². The first-order valence-corrected chi connectivity index (χ1v) is 10.4. The van der Waals surface area contributed by atoms with E-state index in [1.54, 1.807) is 0 Å². The Hall–Kier alpha value is -1.88. The molecule has 2 amide bonds. The molecule has 1 atom stereocenters. The molecule has 3 heterocycles. The summed E-state index contributed by atoms with van der Waals surface area (Å²) in [5.74, 6) is 0.411. The molecule has 3 fully saturated rings. The smallest absolute Gasteiger partial charge is 0.254 e. The Bertz CT molecular complexity index is 741. The largest absolute Gasteiger partial charge is 0.342 e. The van der Waals surface area contributed by atoms with Crippen LogP contribution in [0.3, 0.4) is 0 Å². The molecule has 27 heavy (non-hydrogen) atoms. The molecule has 3 aliphatic rings. The van der Waals surface area contributed by atoms with Crippen LogP contribution in [-0.4, -0.2) is 71.3 Å². The second-order valence-corrected chi connectivity index (χ2v) is 8.63. The van der Waals surface area contributed by atoms with Crippen molar-refractivity contribution < 1.29 is 9.59 Å². The van der Waals surface area contributed by atoms with Crippen LogP contribution < -0.4 is 0 Å². The molecule has 0 saturated carbocycles. The van der Waals surface area contributed by atoms with Crippen LogP contribution in [0.1, 0.15) is 53.6 Å². The Kier molecular flexibility index (Phi) is 4.97. The predicted molar refractivity (Wildman–Crippen MR) is 106 cm³/mol. The first-order chi connectivity index (χ1) is 13.0. The van der Waals surface area contributed by atoms with Gasteiger partial charge in [-0.25, -0.2) is 0 Å². The summed E-state index contributed by atoms with van der Waals surface area (Å²) < 4.78 is 0. The van der Waals surface area contributed by atoms with Crippen molar-refractivity contribution in [3.63, 3.8) is 0 Å². The topological polar surface area (TPSA) is 43.9 Å². The van der Waals surface area contributed by atoms with Crippen molar-refractivity contribution >= 4 is 11.8 Å². The Morgan fingerprint density at radius 2 is 1.70 bits per heavy atom. The molecular weight excluding hydrogens is 338 g/mol. The summed E-state index contributed by atoms with van der Waals surface area (Å²) in [5.41, 5.74) is 3.07. The van der Waals surface area contributed by atoms with Crippen LogP contribution in [0.2, 0.25) is 0 Å². The van der Waals surface area contributed by atoms with Crippen LogP contribution in [0, 0.1) is 13.8 Å². The fourth-order valence-corrected chi connectivity index (χ4v) is 5.03. The molecule has 3 aliphatic heterocycles. The summed E-state index contributed by atoms with van der Waals surface area (Å²) in [7, 11) is 0. The van der Waals surface area contributed by atoms with Gasteiger partial charge < -0.3 is 9.80 Å². The Balaban J connectivity index is 1.44. The third-order valence-electron chi connectivity index (χ3n) is 6.76. The highest BCUT2D eigenvalue weighted by Gasteiger charge is 2.48. The number of aryl methyl sites for hydroxylation is 2. The Morgan fingerprint density at radius 3 is 2.37 bits per heavy atom. The molecule has 0 bridgehead atoms. The average molecular weight is 370 g/mol. The molecule has 5 heteroatoms. The summed E-state index contributed by atoms with van der Waals surface area (Å²) in [4.78, 5) is 32.1. The number of likely N-dealkylation sites (tertiary alicyclic amines) is 3. The van der Waals surface area contributed by atoms with Gasteiger partial charge in [0.2, 0.25) is 5.91 Å². The summed E-state index contributed by atoms with van der Waals surface area (Å²) in [5, 5.41) is 0. The number of amides is 2. The van der Waals surface area contributed by atoms with E-state index in [-0.39, 0.29) is 17.4 Å². The number of carbonyl (C=O) groups is 2. The molecule has 1 aromatic carbocycles. The van der Waals surface area contributed by atoms with Crippen molar-refractivity contribution in [1.82, 2.24) is 14.7 Å². The van der Waals surface area contributed by atoms with Gasteiger partial charge in [-0.2, -0.15) is 0 Å². The maximum absolute atomic E-state index is 13.1. The van der Waals surface area contributed by atoms with Gasteiger partial charge in [-0.15, -0.1) is 0 Å². The lowest BCUT2D eigenvalue weighted by Crippen LogP contribution is -2.68. The van der Waals surface area contributed by atoms with Gasteiger partial charge in [0.15, 0.2) is 0 Å². The summed E-state index contributed by atoms with van der Waals surface area (Å²) in [6.07, 6.45) is 5.48. The van der Waals surface area contributed by atoms with Crippen LogP contribution >= 0.6 is 0 Å². The van der Waals surface area contributed by atoms with Gasteiger partial charge in [0.05, 0.1) is 6.54 Å². The zero-order chi connectivity index (χ0) is 19.0. The van der Waals surface area contributed by atoms with Crippen molar-refractivity contribution in [3.8, 4) is 0 Å². The van der Waals surface area contributed by atoms with Gasteiger partial charge in [-0.3, -0.25) is 14.5 Å². The quantitative estimate of drug-likeness (QED) is 0.823. The number of carbonyl (C=O) groups excluding carboxylic acids is 2. The Labute approximate surface area is 162 Å². The van der Waals surface area contributed by atoms with E-state index in [9.17, 15) is 9.59 Å². The molecule has 0 N–H and O–H groups in total. The molecule has 1 unspecified atom stereocenters. The molecule has 146 valence electrons. The van der Waals surface area contributed by atoms with Gasteiger partial charge in [-0.05, 0) is 57.6 Å². The first-order valence-electron chi connectivity index (χ1n) is 10.4. The number of rotatable bonds is 3. The predicted octanol–water partition coefficient (Wildman–Crippen LogP) is 2.61. The first kappa shape index (κ1) is 18.5. The summed E-state index contributed by atoms with van der Waals surface area (Å²) in [6.45, 7) is 8.98. The second-order valence-electron chi connectivity index (χ2n) is 8.63. The van der Waals surface area contributed by atoms with Gasteiger partial charge in [0.1, 0.15) is 0 Å². The molecule has 0 aromatic heterocycles. The second kappa shape index (κ2) is 7.27. The lowest BCUT2D eigenvalue weighted by atomic mass is 9.77. The fraction of sp³-hybridized carbons (Fsp3) is 0.636. The van der Waals surface area contributed by atoms with Crippen LogP contribution in [0.25, 0.3) is 0 Å². The molecule has 1 spiro atoms. The van der Waals surface area contributed by atoms with Crippen molar-refractivity contribution in [2.24, 2.45) is 0 Å². The molecule has 1 aromatic rings. The van der Waals surface area contributed by atoms with E-state index in [1.807, 2.05) is 28.9 Å². The highest BCUT2D eigenvalue weighted by molar-refractivity contribution is 5.95. The average Bonchev–Trinajstić information content (AvgIpc) is 3.19. The van der Waals surface area contributed by atoms with E-state index in [0.29, 0.717) is 6.54 Å². The van der Waals surface area contributed by atoms with E-state index in [4.69, 9.17) is 0 Å². The molecule has 5 nitrogen and oxygen atoms in total. The fourth-order valence-electron chi connectivity index (χ4n) is 5.03. The van der Waals surface area contributed by atoms with Crippen LogP contribution in [0.4, 0.5) is 0 Å². The summed E-state index contributed by atoms with van der Waals surface area (Å²) >= 11 is 0. The molecule has 4 rings (SSSR count). The number of hydrogen-bond acceptors (Lipinski definition) is 3. The van der Waals surface area contributed by atoms with E-state index in [1.165, 1.54) is 5.56 Å². The van der Waals surface area contributed by atoms with E-state index in [0.717, 1.165) is 76.0 Å². The van der Waals surface area contributed by atoms with Crippen molar-refractivity contribution in [3.05, 3.63) is 34.9 Å². The Morgan fingerprint density at radius 1 is 0.963 bits per heavy atom. The molecule has 0 radical (unpaired) electrons.